The summed E-state index contributed by atoms with van der Waals surface area (Å²) in [7, 11) is 0. The molecule has 1 fully saturated rings. The van der Waals surface area contributed by atoms with Crippen LogP contribution in [0.1, 0.15) is 55.3 Å². The number of hydrogen-bond acceptors (Lipinski definition) is 3. The van der Waals surface area contributed by atoms with Crippen LogP contribution in [0.4, 0.5) is 4.39 Å². The number of rotatable bonds is 6. The van der Waals surface area contributed by atoms with Crippen LogP contribution in [0.5, 0.6) is 0 Å². The Hall–Kier alpha value is -2.91. The topological polar surface area (TPSA) is 69.3 Å². The number of hydrogen-bond donors (Lipinski definition) is 1. The molecule has 1 aliphatic heterocycles. The van der Waals surface area contributed by atoms with Crippen molar-refractivity contribution in [2.45, 2.75) is 53.2 Å². The zero-order chi connectivity index (χ0) is 23.4. The van der Waals surface area contributed by atoms with Crippen LogP contribution < -0.4 is 0 Å². The minimum atomic E-state index is -0.690. The molecule has 1 N–H and O–H groups in total. The number of nitrogens with zero attached hydrogens (tertiary/aromatic N) is 3. The summed E-state index contributed by atoms with van der Waals surface area (Å²) < 4.78 is 15.4. The molecule has 5 nitrogen and oxygen atoms in total. The maximum absolute atomic E-state index is 13.1. The Morgan fingerprint density at radius 1 is 1.25 bits per heavy atom. The molecule has 0 bridgehead atoms. The molecule has 170 valence electrons. The van der Waals surface area contributed by atoms with Gasteiger partial charge in [0, 0.05) is 31.0 Å². The molecule has 2 aromatic rings. The summed E-state index contributed by atoms with van der Waals surface area (Å²) in [6.45, 7) is 10.2. The average Bonchev–Trinajstić information content (AvgIpc) is 3.04. The van der Waals surface area contributed by atoms with E-state index in [9.17, 15) is 19.6 Å². The highest BCUT2D eigenvalue weighted by molar-refractivity contribution is 6.01. The fourth-order valence-electron chi connectivity index (χ4n) is 4.44. The lowest BCUT2D eigenvalue weighted by atomic mass is 9.87. The highest BCUT2D eigenvalue weighted by atomic mass is 19.1. The van der Waals surface area contributed by atoms with Gasteiger partial charge in [0.25, 0.3) is 5.91 Å². The van der Waals surface area contributed by atoms with Crippen LogP contribution >= 0.6 is 0 Å². The Kier molecular flexibility index (Phi) is 7.52. The second kappa shape index (κ2) is 10.1. The maximum atomic E-state index is 13.1. The second-order valence-corrected chi connectivity index (χ2v) is 9.13. The minimum absolute atomic E-state index is 0.00557. The fourth-order valence-corrected chi connectivity index (χ4v) is 4.44. The fraction of sp³-hybridized carbons (Fsp3) is 0.462. The number of amides is 1. The van der Waals surface area contributed by atoms with Gasteiger partial charge in [0.15, 0.2) is 0 Å². The lowest BCUT2D eigenvalue weighted by molar-refractivity contribution is -0.128. The number of piperidine rings is 1. The van der Waals surface area contributed by atoms with Crippen molar-refractivity contribution in [1.82, 2.24) is 9.47 Å². The number of aryl methyl sites for hydroxylation is 1. The number of benzene rings is 1. The van der Waals surface area contributed by atoms with Gasteiger partial charge in [0.2, 0.25) is 0 Å². The van der Waals surface area contributed by atoms with E-state index in [-0.39, 0.29) is 23.2 Å². The first-order valence-corrected chi connectivity index (χ1v) is 11.2. The largest absolute Gasteiger partial charge is 0.388 e. The second-order valence-electron chi connectivity index (χ2n) is 9.13. The normalized spacial score (nSPS) is 16.3. The van der Waals surface area contributed by atoms with E-state index in [1.807, 2.05) is 19.9 Å². The molecular formula is C26H32FN3O2. The van der Waals surface area contributed by atoms with Crippen molar-refractivity contribution in [2.75, 3.05) is 13.1 Å². The van der Waals surface area contributed by atoms with E-state index in [0.717, 1.165) is 23.5 Å². The third-order valence-electron chi connectivity index (χ3n) is 6.30. The number of carbonyl (C=O) groups is 1. The molecule has 1 aromatic heterocycles. The molecule has 1 saturated heterocycles. The molecule has 32 heavy (non-hydrogen) atoms. The molecule has 0 saturated carbocycles. The molecule has 1 amide bonds. The van der Waals surface area contributed by atoms with Gasteiger partial charge in [-0.15, -0.1) is 0 Å². The van der Waals surface area contributed by atoms with Crippen LogP contribution in [0.15, 0.2) is 35.9 Å². The van der Waals surface area contributed by atoms with Crippen LogP contribution in [0, 0.1) is 42.8 Å². The Labute approximate surface area is 189 Å². The molecule has 1 aliphatic rings. The Morgan fingerprint density at radius 2 is 1.88 bits per heavy atom. The molecule has 6 heteroatoms. The van der Waals surface area contributed by atoms with Crippen LogP contribution in [-0.4, -0.2) is 33.6 Å². The smallest absolute Gasteiger partial charge is 0.264 e. The van der Waals surface area contributed by atoms with Crippen molar-refractivity contribution in [3.05, 3.63) is 64.2 Å². The lowest BCUT2D eigenvalue weighted by Crippen LogP contribution is -2.40. The highest BCUT2D eigenvalue weighted by Gasteiger charge is 2.29. The molecule has 0 aliphatic carbocycles. The molecule has 3 rings (SSSR count). The monoisotopic (exact) mass is 437 g/mol. The Balaban J connectivity index is 1.68. The number of aliphatic hydroxyl groups excluding tert-OH is 1. The van der Waals surface area contributed by atoms with Crippen LogP contribution in [0.3, 0.4) is 0 Å². The van der Waals surface area contributed by atoms with Crippen molar-refractivity contribution in [3.63, 3.8) is 0 Å². The van der Waals surface area contributed by atoms with E-state index in [1.54, 1.807) is 23.1 Å². The van der Waals surface area contributed by atoms with E-state index < -0.39 is 6.10 Å². The first-order chi connectivity index (χ1) is 15.2. The van der Waals surface area contributed by atoms with Gasteiger partial charge in [-0.25, -0.2) is 4.39 Å². The predicted molar refractivity (Wildman–Crippen MR) is 123 cm³/mol. The van der Waals surface area contributed by atoms with Crippen LogP contribution in [0.25, 0.3) is 6.08 Å². The highest BCUT2D eigenvalue weighted by Crippen LogP contribution is 2.31. The van der Waals surface area contributed by atoms with E-state index >= 15 is 0 Å². The number of nitriles is 1. The number of halogens is 1. The first kappa shape index (κ1) is 23.7. The molecule has 1 aromatic carbocycles. The van der Waals surface area contributed by atoms with Crippen molar-refractivity contribution < 1.29 is 14.3 Å². The summed E-state index contributed by atoms with van der Waals surface area (Å²) in [4.78, 5) is 14.7. The van der Waals surface area contributed by atoms with Crippen molar-refractivity contribution in [2.24, 2.45) is 11.8 Å². The van der Waals surface area contributed by atoms with Gasteiger partial charge in [-0.1, -0.05) is 26.0 Å². The van der Waals surface area contributed by atoms with Gasteiger partial charge < -0.3 is 14.6 Å². The molecule has 2 heterocycles. The van der Waals surface area contributed by atoms with Gasteiger partial charge in [0.1, 0.15) is 17.5 Å². The summed E-state index contributed by atoms with van der Waals surface area (Å²) in [5, 5.41) is 20.3. The van der Waals surface area contributed by atoms with Crippen LogP contribution in [-0.2, 0) is 11.3 Å². The Morgan fingerprint density at radius 3 is 2.44 bits per heavy atom. The average molecular weight is 438 g/mol. The maximum Gasteiger partial charge on any atom is 0.264 e. The zero-order valence-corrected chi connectivity index (χ0v) is 19.3. The summed E-state index contributed by atoms with van der Waals surface area (Å²) in [6.07, 6.45) is 2.27. The van der Waals surface area contributed by atoms with Gasteiger partial charge in [0.05, 0.1) is 6.10 Å². The molecule has 1 unspecified atom stereocenters. The summed E-state index contributed by atoms with van der Waals surface area (Å²) in [5.74, 6) is -0.104. The van der Waals surface area contributed by atoms with Crippen molar-refractivity contribution in [1.29, 1.82) is 5.26 Å². The van der Waals surface area contributed by atoms with E-state index in [0.29, 0.717) is 37.4 Å². The van der Waals surface area contributed by atoms with Crippen molar-refractivity contribution in [3.8, 4) is 6.07 Å². The predicted octanol–water partition coefficient (Wildman–Crippen LogP) is 4.78. The standard InChI is InChI=1S/C26H32FN3O2/c1-17(2)16-30-18(3)13-22(19(30)4)14-23(15-28)26(32)29-11-9-21(10-12-29)25(31)20-5-7-24(27)8-6-20/h5-8,13-14,17,21,25,31H,9-12,16H2,1-4H3/b23-14-. The van der Waals surface area contributed by atoms with E-state index in [2.05, 4.69) is 24.5 Å². The Bertz CT molecular complexity index is 1020. The van der Waals surface area contributed by atoms with Gasteiger partial charge >= 0.3 is 0 Å². The number of carbonyl (C=O) groups excluding carboxylic acids is 1. The van der Waals surface area contributed by atoms with Crippen molar-refractivity contribution >= 4 is 12.0 Å². The van der Waals surface area contributed by atoms with Gasteiger partial charge in [-0.3, -0.25) is 4.79 Å². The first-order valence-electron chi connectivity index (χ1n) is 11.2. The third-order valence-corrected chi connectivity index (χ3v) is 6.30. The quantitative estimate of drug-likeness (QED) is 0.522. The zero-order valence-electron chi connectivity index (χ0n) is 19.3. The van der Waals surface area contributed by atoms with Gasteiger partial charge in [-0.05, 0) is 73.9 Å². The van der Waals surface area contributed by atoms with E-state index in [4.69, 9.17) is 0 Å². The van der Waals surface area contributed by atoms with Gasteiger partial charge in [-0.2, -0.15) is 5.26 Å². The molecule has 1 atom stereocenters. The van der Waals surface area contributed by atoms with E-state index in [1.165, 1.54) is 12.1 Å². The number of aliphatic hydroxyl groups is 1. The SMILES string of the molecule is Cc1cc(/C=C(/C#N)C(=O)N2CCC(C(O)c3ccc(F)cc3)CC2)c(C)n1CC(C)C. The summed E-state index contributed by atoms with van der Waals surface area (Å²) in [5.41, 5.74) is 3.88. The van der Waals surface area contributed by atoms with Crippen LogP contribution in [0.2, 0.25) is 0 Å². The number of aromatic nitrogens is 1. The lowest BCUT2D eigenvalue weighted by Gasteiger charge is -2.34. The third kappa shape index (κ3) is 5.28. The molecular weight excluding hydrogens is 405 g/mol. The number of likely N-dealkylation sites (tertiary alicyclic amines) is 1. The molecule has 0 spiro atoms. The minimum Gasteiger partial charge on any atom is -0.388 e. The summed E-state index contributed by atoms with van der Waals surface area (Å²) >= 11 is 0. The molecule has 0 radical (unpaired) electrons. The summed E-state index contributed by atoms with van der Waals surface area (Å²) in [6, 6.07) is 10.0.